The Balaban J connectivity index is 2.77. The van der Waals surface area contributed by atoms with Crippen molar-refractivity contribution in [3.8, 4) is 0 Å². The summed E-state index contributed by atoms with van der Waals surface area (Å²) >= 11 is 0. The van der Waals surface area contributed by atoms with Crippen LogP contribution in [0.3, 0.4) is 0 Å². The first kappa shape index (κ1) is 9.73. The van der Waals surface area contributed by atoms with Crippen molar-refractivity contribution in [1.82, 2.24) is 9.78 Å². The molecule has 1 aromatic heterocycles. The van der Waals surface area contributed by atoms with E-state index in [1.165, 1.54) is 0 Å². The summed E-state index contributed by atoms with van der Waals surface area (Å²) in [6.07, 6.45) is -1.33. The zero-order valence-electron chi connectivity index (χ0n) is 7.56. The maximum atomic E-state index is 10.3. The second-order valence-electron chi connectivity index (χ2n) is 2.95. The minimum absolute atomic E-state index is 0.309. The summed E-state index contributed by atoms with van der Waals surface area (Å²) < 4.78 is 1.60. The Bertz CT molecular complexity index is 300. The SMILES string of the molecule is Cc1cc([C@@H](O)CC(=O)O)nn1C. The molecular weight excluding hydrogens is 172 g/mol. The van der Waals surface area contributed by atoms with Crippen molar-refractivity contribution in [2.24, 2.45) is 7.05 Å². The fourth-order valence-corrected chi connectivity index (χ4v) is 1.02. The highest BCUT2D eigenvalue weighted by Gasteiger charge is 2.15. The Hall–Kier alpha value is -1.36. The molecular formula is C8H12N2O3. The van der Waals surface area contributed by atoms with Gasteiger partial charge < -0.3 is 10.2 Å². The summed E-state index contributed by atoms with van der Waals surface area (Å²) in [6.45, 7) is 1.84. The van der Waals surface area contributed by atoms with E-state index >= 15 is 0 Å². The molecule has 0 aliphatic heterocycles. The summed E-state index contributed by atoms with van der Waals surface area (Å²) in [4.78, 5) is 10.3. The zero-order valence-corrected chi connectivity index (χ0v) is 7.56. The average molecular weight is 184 g/mol. The molecule has 0 bridgehead atoms. The van der Waals surface area contributed by atoms with Crippen LogP contribution in [0.2, 0.25) is 0 Å². The highest BCUT2D eigenvalue weighted by molar-refractivity contribution is 5.67. The number of hydrogen-bond donors (Lipinski definition) is 2. The van der Waals surface area contributed by atoms with Crippen molar-refractivity contribution in [3.63, 3.8) is 0 Å². The number of aliphatic hydroxyl groups is 1. The molecule has 0 aromatic carbocycles. The first-order valence-electron chi connectivity index (χ1n) is 3.91. The molecule has 1 aromatic rings. The van der Waals surface area contributed by atoms with E-state index in [2.05, 4.69) is 5.10 Å². The van der Waals surface area contributed by atoms with Crippen LogP contribution in [0, 0.1) is 6.92 Å². The molecule has 0 radical (unpaired) electrons. The molecule has 0 aliphatic rings. The van der Waals surface area contributed by atoms with E-state index in [4.69, 9.17) is 5.11 Å². The monoisotopic (exact) mass is 184 g/mol. The van der Waals surface area contributed by atoms with Gasteiger partial charge in [-0.1, -0.05) is 0 Å². The van der Waals surface area contributed by atoms with Gasteiger partial charge in [-0.15, -0.1) is 0 Å². The standard InChI is InChI=1S/C8H12N2O3/c1-5-3-6(9-10(5)2)7(11)4-8(12)13/h3,7,11H,4H2,1-2H3,(H,12,13)/t7-/m0/s1. The first-order valence-corrected chi connectivity index (χ1v) is 3.91. The van der Waals surface area contributed by atoms with E-state index in [1.807, 2.05) is 6.92 Å². The number of nitrogens with zero attached hydrogens (tertiary/aromatic N) is 2. The quantitative estimate of drug-likeness (QED) is 0.705. The van der Waals surface area contributed by atoms with E-state index in [1.54, 1.807) is 17.8 Å². The molecule has 0 unspecified atom stereocenters. The van der Waals surface area contributed by atoms with Gasteiger partial charge in [0.25, 0.3) is 0 Å². The second-order valence-corrected chi connectivity index (χ2v) is 2.95. The smallest absolute Gasteiger partial charge is 0.306 e. The van der Waals surface area contributed by atoms with Crippen LogP contribution in [-0.4, -0.2) is 26.0 Å². The Morgan fingerprint density at radius 2 is 2.38 bits per heavy atom. The highest BCUT2D eigenvalue weighted by atomic mass is 16.4. The van der Waals surface area contributed by atoms with Crippen LogP contribution < -0.4 is 0 Å². The van der Waals surface area contributed by atoms with Crippen molar-refractivity contribution in [3.05, 3.63) is 17.5 Å². The fraction of sp³-hybridized carbons (Fsp3) is 0.500. The summed E-state index contributed by atoms with van der Waals surface area (Å²) in [6, 6.07) is 1.67. The zero-order chi connectivity index (χ0) is 10.0. The maximum absolute atomic E-state index is 10.3. The van der Waals surface area contributed by atoms with Crippen molar-refractivity contribution >= 4 is 5.97 Å². The molecule has 0 saturated carbocycles. The minimum Gasteiger partial charge on any atom is -0.481 e. The first-order chi connectivity index (χ1) is 6.00. The lowest BCUT2D eigenvalue weighted by Crippen LogP contribution is -2.06. The molecule has 72 valence electrons. The highest BCUT2D eigenvalue weighted by Crippen LogP contribution is 2.15. The predicted molar refractivity (Wildman–Crippen MR) is 45.2 cm³/mol. The van der Waals surface area contributed by atoms with E-state index in [9.17, 15) is 9.90 Å². The molecule has 0 aliphatic carbocycles. The molecule has 0 saturated heterocycles. The van der Waals surface area contributed by atoms with Gasteiger partial charge in [0.1, 0.15) is 6.10 Å². The molecule has 1 heterocycles. The van der Waals surface area contributed by atoms with Crippen LogP contribution in [0.1, 0.15) is 23.9 Å². The van der Waals surface area contributed by atoms with E-state index in [0.717, 1.165) is 5.69 Å². The predicted octanol–water partition coefficient (Wildman–Crippen LogP) is 0.237. The molecule has 0 amide bonds. The third kappa shape index (κ3) is 2.29. The normalized spacial score (nSPS) is 12.8. The van der Waals surface area contributed by atoms with Crippen LogP contribution in [0.4, 0.5) is 0 Å². The molecule has 5 nitrogen and oxygen atoms in total. The molecule has 0 spiro atoms. The number of aryl methyl sites for hydroxylation is 2. The lowest BCUT2D eigenvalue weighted by atomic mass is 10.2. The van der Waals surface area contributed by atoms with Gasteiger partial charge in [0, 0.05) is 12.7 Å². The van der Waals surface area contributed by atoms with Crippen LogP contribution in [0.25, 0.3) is 0 Å². The van der Waals surface area contributed by atoms with Crippen LogP contribution in [0.5, 0.6) is 0 Å². The van der Waals surface area contributed by atoms with Crippen molar-refractivity contribution in [2.45, 2.75) is 19.4 Å². The maximum Gasteiger partial charge on any atom is 0.306 e. The molecule has 1 rings (SSSR count). The number of rotatable bonds is 3. The number of aliphatic hydroxyl groups excluding tert-OH is 1. The molecule has 13 heavy (non-hydrogen) atoms. The molecule has 0 fully saturated rings. The third-order valence-electron chi connectivity index (χ3n) is 1.84. The summed E-state index contributed by atoms with van der Waals surface area (Å²) in [7, 11) is 1.74. The van der Waals surface area contributed by atoms with Gasteiger partial charge >= 0.3 is 5.97 Å². The second kappa shape index (κ2) is 3.57. The minimum atomic E-state index is -1.03. The van der Waals surface area contributed by atoms with E-state index in [-0.39, 0.29) is 6.42 Å². The Kier molecular flexibility index (Phi) is 2.67. The van der Waals surface area contributed by atoms with Crippen molar-refractivity contribution in [2.75, 3.05) is 0 Å². The van der Waals surface area contributed by atoms with Gasteiger partial charge in [0.2, 0.25) is 0 Å². The Morgan fingerprint density at radius 3 is 2.77 bits per heavy atom. The van der Waals surface area contributed by atoms with Gasteiger partial charge in [-0.25, -0.2) is 0 Å². The molecule has 5 heteroatoms. The number of aliphatic carboxylic acids is 1. The molecule has 2 N–H and O–H groups in total. The van der Waals surface area contributed by atoms with Crippen molar-refractivity contribution < 1.29 is 15.0 Å². The van der Waals surface area contributed by atoms with Crippen molar-refractivity contribution in [1.29, 1.82) is 0 Å². The van der Waals surface area contributed by atoms with Gasteiger partial charge in [0.15, 0.2) is 0 Å². The summed E-state index contributed by atoms with van der Waals surface area (Å²) in [5.74, 6) is -1.03. The number of carbonyl (C=O) groups is 1. The Labute approximate surface area is 75.6 Å². The topological polar surface area (TPSA) is 75.3 Å². The van der Waals surface area contributed by atoms with Crippen LogP contribution in [-0.2, 0) is 11.8 Å². The average Bonchev–Trinajstić information content (AvgIpc) is 2.31. The number of carboxylic acid groups (broad SMARTS) is 1. The third-order valence-corrected chi connectivity index (χ3v) is 1.84. The van der Waals surface area contributed by atoms with Gasteiger partial charge in [-0.05, 0) is 13.0 Å². The lowest BCUT2D eigenvalue weighted by molar-refractivity contribution is -0.139. The Morgan fingerprint density at radius 1 is 1.77 bits per heavy atom. The van der Waals surface area contributed by atoms with Crippen LogP contribution >= 0.6 is 0 Å². The van der Waals surface area contributed by atoms with Gasteiger partial charge in [-0.2, -0.15) is 5.10 Å². The van der Waals surface area contributed by atoms with E-state index in [0.29, 0.717) is 5.69 Å². The molecule has 1 atom stereocenters. The van der Waals surface area contributed by atoms with Crippen LogP contribution in [0.15, 0.2) is 6.07 Å². The largest absolute Gasteiger partial charge is 0.481 e. The number of carboxylic acids is 1. The van der Waals surface area contributed by atoms with E-state index < -0.39 is 12.1 Å². The summed E-state index contributed by atoms with van der Waals surface area (Å²) in [5, 5.41) is 21.8. The number of hydrogen-bond acceptors (Lipinski definition) is 3. The van der Waals surface area contributed by atoms with Gasteiger partial charge in [-0.3, -0.25) is 9.48 Å². The van der Waals surface area contributed by atoms with Gasteiger partial charge in [0.05, 0.1) is 12.1 Å². The summed E-state index contributed by atoms with van der Waals surface area (Å²) in [5.41, 5.74) is 1.29. The lowest BCUT2D eigenvalue weighted by Gasteiger charge is -2.02. The fourth-order valence-electron chi connectivity index (χ4n) is 1.02. The number of aromatic nitrogens is 2.